The van der Waals surface area contributed by atoms with Crippen LogP contribution in [-0.4, -0.2) is 26.0 Å². The van der Waals surface area contributed by atoms with Crippen LogP contribution >= 0.6 is 0 Å². The first-order valence-corrected chi connectivity index (χ1v) is 5.47. The van der Waals surface area contributed by atoms with Gasteiger partial charge in [0.2, 0.25) is 0 Å². The summed E-state index contributed by atoms with van der Waals surface area (Å²) in [4.78, 5) is 22.4. The maximum atomic E-state index is 13.4. The first-order valence-electron chi connectivity index (χ1n) is 5.47. The molecule has 5 heteroatoms. The Bertz CT molecular complexity index is 443. The third kappa shape index (κ3) is 4.16. The number of ketones is 1. The van der Waals surface area contributed by atoms with Crippen molar-refractivity contribution in [3.8, 4) is 5.75 Å². The first kappa shape index (κ1) is 14.2. The van der Waals surface area contributed by atoms with Crippen molar-refractivity contribution < 1.29 is 23.5 Å². The van der Waals surface area contributed by atoms with Gasteiger partial charge < -0.3 is 9.47 Å². The lowest BCUT2D eigenvalue weighted by Crippen LogP contribution is -2.08. The molecule has 0 heterocycles. The van der Waals surface area contributed by atoms with Gasteiger partial charge in [0.15, 0.2) is 11.6 Å². The highest BCUT2D eigenvalue weighted by Crippen LogP contribution is 2.18. The number of halogens is 1. The Hall–Kier alpha value is -1.91. The summed E-state index contributed by atoms with van der Waals surface area (Å²) in [5, 5.41) is 0. The van der Waals surface area contributed by atoms with Crippen LogP contribution in [0, 0.1) is 5.82 Å². The predicted octanol–water partition coefficient (Wildman–Crippen LogP) is 1.90. The van der Waals surface area contributed by atoms with E-state index in [9.17, 15) is 14.0 Å². The molecule has 0 amide bonds. The topological polar surface area (TPSA) is 52.6 Å². The van der Waals surface area contributed by atoms with Gasteiger partial charge in [-0.2, -0.15) is 0 Å². The van der Waals surface area contributed by atoms with Crippen molar-refractivity contribution in [2.24, 2.45) is 0 Å². The number of hydrogen-bond donors (Lipinski definition) is 0. The summed E-state index contributed by atoms with van der Waals surface area (Å²) >= 11 is 0. The van der Waals surface area contributed by atoms with Gasteiger partial charge in [-0.05, 0) is 17.7 Å². The van der Waals surface area contributed by atoms with Crippen LogP contribution in [0.5, 0.6) is 5.75 Å². The van der Waals surface area contributed by atoms with Gasteiger partial charge in [-0.25, -0.2) is 4.39 Å². The molecule has 0 atom stereocenters. The van der Waals surface area contributed by atoms with E-state index in [1.807, 2.05) is 0 Å². The molecule has 0 radical (unpaired) electrons. The SMILES string of the molecule is COC(=O)CCC(=O)Cc1ccc(OC)c(F)c1. The maximum Gasteiger partial charge on any atom is 0.305 e. The minimum atomic E-state index is -0.504. The molecule has 0 bridgehead atoms. The second kappa shape index (κ2) is 6.74. The van der Waals surface area contributed by atoms with Crippen LogP contribution in [0.15, 0.2) is 18.2 Å². The van der Waals surface area contributed by atoms with Gasteiger partial charge in [-0.1, -0.05) is 6.07 Å². The Balaban J connectivity index is 2.54. The molecule has 1 rings (SSSR count). The molecule has 0 aliphatic rings. The average Bonchev–Trinajstić information content (AvgIpc) is 2.36. The number of hydrogen-bond acceptors (Lipinski definition) is 4. The molecule has 0 N–H and O–H groups in total. The molecule has 0 aliphatic heterocycles. The number of ether oxygens (including phenoxy) is 2. The van der Waals surface area contributed by atoms with Crippen LogP contribution in [-0.2, 0) is 20.7 Å². The average molecular weight is 254 g/mol. The van der Waals surface area contributed by atoms with Crippen LogP contribution < -0.4 is 4.74 Å². The van der Waals surface area contributed by atoms with E-state index in [1.165, 1.54) is 26.4 Å². The lowest BCUT2D eigenvalue weighted by molar-refractivity contribution is -0.141. The van der Waals surface area contributed by atoms with E-state index in [2.05, 4.69) is 4.74 Å². The monoisotopic (exact) mass is 254 g/mol. The van der Waals surface area contributed by atoms with Crippen LogP contribution in [0.2, 0.25) is 0 Å². The molecule has 0 fully saturated rings. The van der Waals surface area contributed by atoms with Gasteiger partial charge in [0.25, 0.3) is 0 Å². The number of benzene rings is 1. The van der Waals surface area contributed by atoms with Gasteiger partial charge >= 0.3 is 5.97 Å². The second-order valence-corrected chi connectivity index (χ2v) is 3.76. The normalized spacial score (nSPS) is 9.94. The highest BCUT2D eigenvalue weighted by Gasteiger charge is 2.10. The van der Waals surface area contributed by atoms with Gasteiger partial charge in [-0.3, -0.25) is 9.59 Å². The molecule has 1 aromatic carbocycles. The molecule has 1 aromatic rings. The molecule has 0 unspecified atom stereocenters. The fraction of sp³-hybridized carbons (Fsp3) is 0.385. The zero-order valence-corrected chi connectivity index (χ0v) is 10.4. The van der Waals surface area contributed by atoms with E-state index >= 15 is 0 Å². The summed E-state index contributed by atoms with van der Waals surface area (Å²) in [6.07, 6.45) is 0.242. The van der Waals surface area contributed by atoms with E-state index in [-0.39, 0.29) is 30.8 Å². The van der Waals surface area contributed by atoms with Gasteiger partial charge in [0.1, 0.15) is 5.78 Å². The number of rotatable bonds is 6. The van der Waals surface area contributed by atoms with Crippen molar-refractivity contribution in [3.63, 3.8) is 0 Å². The first-order chi connectivity index (χ1) is 8.56. The standard InChI is InChI=1S/C13H15FO4/c1-17-12-5-3-9(8-11(12)14)7-10(15)4-6-13(16)18-2/h3,5,8H,4,6-7H2,1-2H3. The van der Waals surface area contributed by atoms with E-state index in [0.717, 1.165) is 0 Å². The van der Waals surface area contributed by atoms with Crippen LogP contribution in [0.1, 0.15) is 18.4 Å². The Morgan fingerprint density at radius 1 is 1.22 bits per heavy atom. The summed E-state index contributed by atoms with van der Waals surface area (Å²) in [6.45, 7) is 0. The highest BCUT2D eigenvalue weighted by molar-refractivity contribution is 5.84. The lowest BCUT2D eigenvalue weighted by atomic mass is 10.1. The largest absolute Gasteiger partial charge is 0.494 e. The Kier molecular flexibility index (Phi) is 5.30. The van der Waals surface area contributed by atoms with Crippen molar-refractivity contribution in [3.05, 3.63) is 29.6 Å². The molecule has 4 nitrogen and oxygen atoms in total. The maximum absolute atomic E-state index is 13.4. The van der Waals surface area contributed by atoms with Crippen LogP contribution in [0.25, 0.3) is 0 Å². The van der Waals surface area contributed by atoms with Crippen molar-refractivity contribution >= 4 is 11.8 Å². The minimum Gasteiger partial charge on any atom is -0.494 e. The van der Waals surface area contributed by atoms with Crippen molar-refractivity contribution in [2.45, 2.75) is 19.3 Å². The summed E-state index contributed by atoms with van der Waals surface area (Å²) in [5.41, 5.74) is 0.558. The molecule has 98 valence electrons. The quantitative estimate of drug-likeness (QED) is 0.727. The highest BCUT2D eigenvalue weighted by atomic mass is 19.1. The summed E-state index contributed by atoms with van der Waals surface area (Å²) in [6, 6.07) is 4.35. The number of methoxy groups -OCH3 is 2. The third-order valence-corrected chi connectivity index (χ3v) is 2.45. The third-order valence-electron chi connectivity index (χ3n) is 2.45. The summed E-state index contributed by atoms with van der Waals surface area (Å²) in [7, 11) is 2.64. The molecule has 0 aromatic heterocycles. The molecule has 0 spiro atoms. The summed E-state index contributed by atoms with van der Waals surface area (Å²) < 4.78 is 22.6. The number of Topliss-reactive ketones (excluding diaryl/α,β-unsaturated/α-hetero) is 1. The zero-order valence-electron chi connectivity index (χ0n) is 10.4. The number of esters is 1. The number of carbonyl (C=O) groups is 2. The van der Waals surface area contributed by atoms with Crippen molar-refractivity contribution in [1.29, 1.82) is 0 Å². The number of carbonyl (C=O) groups excluding carboxylic acids is 2. The van der Waals surface area contributed by atoms with E-state index in [0.29, 0.717) is 5.56 Å². The van der Waals surface area contributed by atoms with Gasteiger partial charge in [0.05, 0.1) is 20.6 Å². The molecule has 0 saturated carbocycles. The van der Waals surface area contributed by atoms with Crippen LogP contribution in [0.3, 0.4) is 0 Å². The molecular formula is C13H15FO4. The van der Waals surface area contributed by atoms with Crippen molar-refractivity contribution in [1.82, 2.24) is 0 Å². The molecule has 0 aliphatic carbocycles. The lowest BCUT2D eigenvalue weighted by Gasteiger charge is -2.04. The smallest absolute Gasteiger partial charge is 0.305 e. The molecule has 0 saturated heterocycles. The zero-order chi connectivity index (χ0) is 13.5. The van der Waals surface area contributed by atoms with Crippen molar-refractivity contribution in [2.75, 3.05) is 14.2 Å². The van der Waals surface area contributed by atoms with E-state index < -0.39 is 11.8 Å². The van der Waals surface area contributed by atoms with Gasteiger partial charge in [0, 0.05) is 12.8 Å². The summed E-state index contributed by atoms with van der Waals surface area (Å²) in [5.74, 6) is -0.925. The second-order valence-electron chi connectivity index (χ2n) is 3.76. The molecular weight excluding hydrogens is 239 g/mol. The fourth-order valence-corrected chi connectivity index (χ4v) is 1.48. The predicted molar refractivity (Wildman–Crippen MR) is 62.9 cm³/mol. The van der Waals surface area contributed by atoms with Crippen LogP contribution in [0.4, 0.5) is 4.39 Å². The van der Waals surface area contributed by atoms with E-state index in [4.69, 9.17) is 4.74 Å². The Labute approximate surface area is 105 Å². The van der Waals surface area contributed by atoms with E-state index in [1.54, 1.807) is 6.07 Å². The van der Waals surface area contributed by atoms with Gasteiger partial charge in [-0.15, -0.1) is 0 Å². The Morgan fingerprint density at radius 3 is 2.50 bits per heavy atom. The fourth-order valence-electron chi connectivity index (χ4n) is 1.48. The Morgan fingerprint density at radius 2 is 1.94 bits per heavy atom. The molecule has 18 heavy (non-hydrogen) atoms. The minimum absolute atomic E-state index is 0.0496.